The molecular formula is C17H14N2O2S. The van der Waals surface area contributed by atoms with E-state index >= 15 is 0 Å². The van der Waals surface area contributed by atoms with Gasteiger partial charge in [0.2, 0.25) is 0 Å². The van der Waals surface area contributed by atoms with Gasteiger partial charge in [0.25, 0.3) is 0 Å². The lowest BCUT2D eigenvalue weighted by molar-refractivity contribution is 0.0702. The number of carboxylic acid groups (broad SMARTS) is 1. The van der Waals surface area contributed by atoms with E-state index in [1.54, 1.807) is 24.3 Å². The van der Waals surface area contributed by atoms with Gasteiger partial charge < -0.3 is 10.8 Å². The lowest BCUT2D eigenvalue weighted by Gasteiger charge is -1.99. The van der Waals surface area contributed by atoms with E-state index in [0.717, 1.165) is 16.1 Å². The second-order valence-corrected chi connectivity index (χ2v) is 5.96. The Balaban J connectivity index is 1.99. The number of benzene rings is 2. The standard InChI is InChI=1S/C17H14N2O2S/c18-13-8-6-12(7-9-13)15-16(17(20)21)22-14(19-15)10-11-4-2-1-3-5-11/h1-9H,10,18H2,(H,20,21). The summed E-state index contributed by atoms with van der Waals surface area (Å²) in [6, 6.07) is 17.0. The number of carbonyl (C=O) groups is 1. The molecule has 0 amide bonds. The second kappa shape index (κ2) is 5.99. The van der Waals surface area contributed by atoms with Gasteiger partial charge in [-0.25, -0.2) is 9.78 Å². The third-order valence-corrected chi connectivity index (χ3v) is 4.29. The minimum Gasteiger partial charge on any atom is -0.477 e. The maximum atomic E-state index is 11.5. The van der Waals surface area contributed by atoms with Gasteiger partial charge in [-0.1, -0.05) is 42.5 Å². The molecule has 0 atom stereocenters. The van der Waals surface area contributed by atoms with Crippen LogP contribution in [0.5, 0.6) is 0 Å². The van der Waals surface area contributed by atoms with Crippen LogP contribution in [0.3, 0.4) is 0 Å². The third-order valence-electron chi connectivity index (χ3n) is 3.25. The Morgan fingerprint density at radius 3 is 2.41 bits per heavy atom. The first-order valence-electron chi connectivity index (χ1n) is 6.76. The van der Waals surface area contributed by atoms with Crippen molar-refractivity contribution in [1.82, 2.24) is 4.98 Å². The molecule has 4 nitrogen and oxygen atoms in total. The van der Waals surface area contributed by atoms with Gasteiger partial charge in [-0.3, -0.25) is 0 Å². The summed E-state index contributed by atoms with van der Waals surface area (Å²) < 4.78 is 0. The van der Waals surface area contributed by atoms with Crippen LogP contribution >= 0.6 is 11.3 Å². The topological polar surface area (TPSA) is 76.2 Å². The molecule has 0 unspecified atom stereocenters. The molecule has 0 fully saturated rings. The number of rotatable bonds is 4. The van der Waals surface area contributed by atoms with Gasteiger partial charge in [0.05, 0.1) is 10.7 Å². The highest BCUT2D eigenvalue weighted by molar-refractivity contribution is 7.14. The van der Waals surface area contributed by atoms with Gasteiger partial charge in [-0.05, 0) is 17.7 Å². The Labute approximate surface area is 131 Å². The fraction of sp³-hybridized carbons (Fsp3) is 0.0588. The molecule has 1 heterocycles. The highest BCUT2D eigenvalue weighted by Crippen LogP contribution is 2.30. The van der Waals surface area contributed by atoms with E-state index in [1.165, 1.54) is 11.3 Å². The molecule has 0 spiro atoms. The summed E-state index contributed by atoms with van der Waals surface area (Å²) in [6.45, 7) is 0. The van der Waals surface area contributed by atoms with Crippen LogP contribution in [-0.4, -0.2) is 16.1 Å². The number of nitrogens with two attached hydrogens (primary N) is 1. The van der Waals surface area contributed by atoms with Crippen molar-refractivity contribution in [3.8, 4) is 11.3 Å². The molecule has 3 aromatic rings. The van der Waals surface area contributed by atoms with Crippen LogP contribution in [0.25, 0.3) is 11.3 Å². The summed E-state index contributed by atoms with van der Waals surface area (Å²) >= 11 is 1.22. The first-order chi connectivity index (χ1) is 10.6. The minimum absolute atomic E-state index is 0.260. The van der Waals surface area contributed by atoms with E-state index < -0.39 is 5.97 Å². The summed E-state index contributed by atoms with van der Waals surface area (Å²) in [5, 5.41) is 10.2. The smallest absolute Gasteiger partial charge is 0.348 e. The number of nitrogens with zero attached hydrogens (tertiary/aromatic N) is 1. The summed E-state index contributed by atoms with van der Waals surface area (Å²) in [5.41, 5.74) is 8.69. The van der Waals surface area contributed by atoms with Crippen LogP contribution in [0, 0.1) is 0 Å². The Morgan fingerprint density at radius 2 is 1.77 bits per heavy atom. The number of aromatic nitrogens is 1. The molecule has 0 radical (unpaired) electrons. The predicted octanol–water partition coefficient (Wildman–Crippen LogP) is 3.68. The van der Waals surface area contributed by atoms with Crippen LogP contribution in [0.2, 0.25) is 0 Å². The predicted molar refractivity (Wildman–Crippen MR) is 88.2 cm³/mol. The first-order valence-corrected chi connectivity index (χ1v) is 7.58. The minimum atomic E-state index is -0.955. The zero-order valence-corrected chi connectivity index (χ0v) is 12.5. The van der Waals surface area contributed by atoms with Crippen LogP contribution in [0.1, 0.15) is 20.2 Å². The quantitative estimate of drug-likeness (QED) is 0.721. The Bertz CT molecular complexity index is 795. The van der Waals surface area contributed by atoms with Gasteiger partial charge in [0.1, 0.15) is 4.88 Å². The number of carboxylic acids is 1. The zero-order valence-electron chi connectivity index (χ0n) is 11.7. The molecule has 3 rings (SSSR count). The van der Waals surface area contributed by atoms with Crippen molar-refractivity contribution < 1.29 is 9.90 Å². The monoisotopic (exact) mass is 310 g/mol. The fourth-order valence-corrected chi connectivity index (χ4v) is 3.15. The summed E-state index contributed by atoms with van der Waals surface area (Å²) in [7, 11) is 0. The van der Waals surface area contributed by atoms with Crippen LogP contribution in [0.4, 0.5) is 5.69 Å². The molecule has 0 bridgehead atoms. The molecule has 110 valence electrons. The molecule has 0 saturated carbocycles. The SMILES string of the molecule is Nc1ccc(-c2nc(Cc3ccccc3)sc2C(=O)O)cc1. The molecule has 2 aromatic carbocycles. The van der Waals surface area contributed by atoms with Gasteiger partial charge in [0.15, 0.2) is 0 Å². The molecule has 3 N–H and O–H groups in total. The Morgan fingerprint density at radius 1 is 1.09 bits per heavy atom. The molecule has 22 heavy (non-hydrogen) atoms. The summed E-state index contributed by atoms with van der Waals surface area (Å²) in [5.74, 6) is -0.955. The van der Waals surface area contributed by atoms with E-state index in [9.17, 15) is 9.90 Å². The molecule has 0 aliphatic carbocycles. The fourth-order valence-electron chi connectivity index (χ4n) is 2.19. The lowest BCUT2D eigenvalue weighted by Crippen LogP contribution is -1.95. The summed E-state index contributed by atoms with van der Waals surface area (Å²) in [6.07, 6.45) is 0.626. The van der Waals surface area contributed by atoms with Crippen molar-refractivity contribution in [2.75, 3.05) is 5.73 Å². The van der Waals surface area contributed by atoms with Crippen LogP contribution in [-0.2, 0) is 6.42 Å². The van der Waals surface area contributed by atoms with Crippen molar-refractivity contribution in [3.05, 3.63) is 70.0 Å². The van der Waals surface area contributed by atoms with Crippen LogP contribution in [0.15, 0.2) is 54.6 Å². The maximum Gasteiger partial charge on any atom is 0.348 e. The summed E-state index contributed by atoms with van der Waals surface area (Å²) in [4.78, 5) is 16.3. The average molecular weight is 310 g/mol. The zero-order chi connectivity index (χ0) is 15.5. The van der Waals surface area contributed by atoms with Gasteiger partial charge >= 0.3 is 5.97 Å². The van der Waals surface area contributed by atoms with Crippen molar-refractivity contribution in [1.29, 1.82) is 0 Å². The van der Waals surface area contributed by atoms with Crippen LogP contribution < -0.4 is 5.73 Å². The maximum absolute atomic E-state index is 11.5. The van der Waals surface area contributed by atoms with E-state index in [4.69, 9.17) is 5.73 Å². The van der Waals surface area contributed by atoms with Crippen molar-refractivity contribution in [2.45, 2.75) is 6.42 Å². The number of thiazole rings is 1. The molecular weight excluding hydrogens is 296 g/mol. The van der Waals surface area contributed by atoms with E-state index in [-0.39, 0.29) is 4.88 Å². The van der Waals surface area contributed by atoms with Gasteiger partial charge in [0, 0.05) is 17.7 Å². The third kappa shape index (κ3) is 2.99. The molecule has 0 aliphatic heterocycles. The van der Waals surface area contributed by atoms with Gasteiger partial charge in [-0.15, -0.1) is 11.3 Å². The average Bonchev–Trinajstić information content (AvgIpc) is 2.93. The number of hydrogen-bond acceptors (Lipinski definition) is 4. The largest absolute Gasteiger partial charge is 0.477 e. The highest BCUT2D eigenvalue weighted by Gasteiger charge is 2.18. The Kier molecular flexibility index (Phi) is 3.89. The molecule has 5 heteroatoms. The van der Waals surface area contributed by atoms with Gasteiger partial charge in [-0.2, -0.15) is 0 Å². The van der Waals surface area contributed by atoms with Crippen molar-refractivity contribution in [3.63, 3.8) is 0 Å². The molecule has 0 saturated heterocycles. The number of nitrogen functional groups attached to an aromatic ring is 1. The van der Waals surface area contributed by atoms with E-state index in [0.29, 0.717) is 17.8 Å². The Hall–Kier alpha value is -2.66. The second-order valence-electron chi connectivity index (χ2n) is 4.87. The molecule has 1 aromatic heterocycles. The van der Waals surface area contributed by atoms with Crippen molar-refractivity contribution >= 4 is 23.0 Å². The highest BCUT2D eigenvalue weighted by atomic mass is 32.1. The molecule has 0 aliphatic rings. The number of anilines is 1. The number of aromatic carboxylic acids is 1. The first kappa shape index (κ1) is 14.3. The van der Waals surface area contributed by atoms with E-state index in [1.807, 2.05) is 30.3 Å². The number of hydrogen-bond donors (Lipinski definition) is 2. The normalized spacial score (nSPS) is 10.5. The van der Waals surface area contributed by atoms with E-state index in [2.05, 4.69) is 4.98 Å². The lowest BCUT2D eigenvalue weighted by atomic mass is 10.1. The van der Waals surface area contributed by atoms with Crippen molar-refractivity contribution in [2.24, 2.45) is 0 Å².